The van der Waals surface area contributed by atoms with Gasteiger partial charge in [-0.05, 0) is 19.3 Å². The SMILES string of the molecule is Nc1ncnc(NC2CCN(C3CC3)C2)c1[N+](=O)[O-]. The topological polar surface area (TPSA) is 110 Å². The molecule has 8 heteroatoms. The minimum atomic E-state index is -0.536. The van der Waals surface area contributed by atoms with Crippen molar-refractivity contribution in [3.05, 3.63) is 16.4 Å². The first-order valence-corrected chi connectivity index (χ1v) is 6.40. The molecule has 2 aliphatic rings. The number of rotatable bonds is 4. The predicted octanol–water partition coefficient (Wildman–Crippen LogP) is 0.616. The maximum atomic E-state index is 11.0. The summed E-state index contributed by atoms with van der Waals surface area (Å²) >= 11 is 0. The fourth-order valence-corrected chi connectivity index (χ4v) is 2.55. The molecule has 8 nitrogen and oxygen atoms in total. The van der Waals surface area contributed by atoms with E-state index >= 15 is 0 Å². The summed E-state index contributed by atoms with van der Waals surface area (Å²) in [5.41, 5.74) is 5.31. The minimum absolute atomic E-state index is 0.0976. The molecule has 1 unspecified atom stereocenters. The Labute approximate surface area is 110 Å². The van der Waals surface area contributed by atoms with Gasteiger partial charge in [0.2, 0.25) is 11.6 Å². The third kappa shape index (κ3) is 2.43. The highest BCUT2D eigenvalue weighted by atomic mass is 16.6. The molecule has 0 bridgehead atoms. The van der Waals surface area contributed by atoms with Crippen LogP contribution in [0.1, 0.15) is 19.3 Å². The molecule has 19 heavy (non-hydrogen) atoms. The van der Waals surface area contributed by atoms with E-state index in [0.717, 1.165) is 25.6 Å². The fraction of sp³-hybridized carbons (Fsp3) is 0.636. The molecule has 1 saturated carbocycles. The molecule has 1 aromatic rings. The van der Waals surface area contributed by atoms with Crippen molar-refractivity contribution in [1.82, 2.24) is 14.9 Å². The van der Waals surface area contributed by atoms with Crippen LogP contribution in [0.25, 0.3) is 0 Å². The number of nitrogen functional groups attached to an aromatic ring is 1. The van der Waals surface area contributed by atoms with Gasteiger partial charge in [0.05, 0.1) is 4.92 Å². The molecule has 1 aliphatic heterocycles. The van der Waals surface area contributed by atoms with Gasteiger partial charge in [-0.15, -0.1) is 0 Å². The summed E-state index contributed by atoms with van der Waals surface area (Å²) in [5, 5.41) is 14.1. The molecule has 0 radical (unpaired) electrons. The average Bonchev–Trinajstić information content (AvgIpc) is 3.10. The molecular weight excluding hydrogens is 248 g/mol. The lowest BCUT2D eigenvalue weighted by atomic mass is 10.2. The number of nitro groups is 1. The Morgan fingerprint density at radius 1 is 1.42 bits per heavy atom. The Morgan fingerprint density at radius 2 is 2.21 bits per heavy atom. The Morgan fingerprint density at radius 3 is 2.89 bits per heavy atom. The van der Waals surface area contributed by atoms with Crippen LogP contribution in [0.3, 0.4) is 0 Å². The van der Waals surface area contributed by atoms with E-state index in [2.05, 4.69) is 20.2 Å². The Hall–Kier alpha value is -1.96. The first-order valence-electron chi connectivity index (χ1n) is 6.40. The summed E-state index contributed by atoms with van der Waals surface area (Å²) in [7, 11) is 0. The van der Waals surface area contributed by atoms with Gasteiger partial charge in [0, 0.05) is 25.2 Å². The molecule has 1 aliphatic carbocycles. The number of aromatic nitrogens is 2. The maximum Gasteiger partial charge on any atom is 0.352 e. The van der Waals surface area contributed by atoms with Gasteiger partial charge in [0.15, 0.2) is 0 Å². The molecule has 2 heterocycles. The summed E-state index contributed by atoms with van der Waals surface area (Å²) in [6, 6.07) is 0.908. The molecule has 3 rings (SSSR count). The van der Waals surface area contributed by atoms with Gasteiger partial charge in [-0.1, -0.05) is 0 Å². The average molecular weight is 264 g/mol. The molecule has 2 fully saturated rings. The van der Waals surface area contributed by atoms with Crippen molar-refractivity contribution in [1.29, 1.82) is 0 Å². The Bertz CT molecular complexity index is 504. The lowest BCUT2D eigenvalue weighted by Crippen LogP contribution is -2.28. The van der Waals surface area contributed by atoms with Crippen molar-refractivity contribution >= 4 is 17.3 Å². The molecule has 0 spiro atoms. The molecular formula is C11H16N6O2. The monoisotopic (exact) mass is 264 g/mol. The van der Waals surface area contributed by atoms with Crippen molar-refractivity contribution in [2.24, 2.45) is 0 Å². The second-order valence-electron chi connectivity index (χ2n) is 5.07. The van der Waals surface area contributed by atoms with Crippen LogP contribution in [0.2, 0.25) is 0 Å². The van der Waals surface area contributed by atoms with E-state index in [1.807, 2.05) is 0 Å². The van der Waals surface area contributed by atoms with Gasteiger partial charge in [-0.25, -0.2) is 9.97 Å². The molecule has 1 aromatic heterocycles. The zero-order chi connectivity index (χ0) is 13.4. The summed E-state index contributed by atoms with van der Waals surface area (Å²) in [5.74, 6) is 0.125. The van der Waals surface area contributed by atoms with Gasteiger partial charge in [-0.3, -0.25) is 15.0 Å². The fourth-order valence-electron chi connectivity index (χ4n) is 2.55. The van der Waals surface area contributed by atoms with Crippen LogP contribution >= 0.6 is 0 Å². The number of nitrogens with two attached hydrogens (primary N) is 1. The second kappa shape index (κ2) is 4.61. The maximum absolute atomic E-state index is 11.0. The first-order chi connectivity index (χ1) is 9.15. The number of hydrogen-bond donors (Lipinski definition) is 2. The van der Waals surface area contributed by atoms with Crippen LogP contribution in [-0.4, -0.2) is 45.0 Å². The van der Waals surface area contributed by atoms with E-state index < -0.39 is 4.92 Å². The van der Waals surface area contributed by atoms with Gasteiger partial charge >= 0.3 is 5.69 Å². The van der Waals surface area contributed by atoms with Crippen LogP contribution in [0.4, 0.5) is 17.3 Å². The number of nitrogens with zero attached hydrogens (tertiary/aromatic N) is 4. The molecule has 1 atom stereocenters. The second-order valence-corrected chi connectivity index (χ2v) is 5.07. The van der Waals surface area contributed by atoms with E-state index in [-0.39, 0.29) is 23.4 Å². The number of nitrogens with one attached hydrogen (secondary N) is 1. The summed E-state index contributed by atoms with van der Waals surface area (Å²) < 4.78 is 0. The van der Waals surface area contributed by atoms with Gasteiger partial charge in [-0.2, -0.15) is 0 Å². The van der Waals surface area contributed by atoms with E-state index in [1.165, 1.54) is 19.2 Å². The van der Waals surface area contributed by atoms with Crippen LogP contribution in [-0.2, 0) is 0 Å². The van der Waals surface area contributed by atoms with Crippen molar-refractivity contribution in [2.75, 3.05) is 24.1 Å². The van der Waals surface area contributed by atoms with E-state index in [9.17, 15) is 10.1 Å². The molecule has 3 N–H and O–H groups in total. The molecule has 0 amide bonds. The van der Waals surface area contributed by atoms with Gasteiger partial charge in [0.1, 0.15) is 6.33 Å². The largest absolute Gasteiger partial charge is 0.378 e. The van der Waals surface area contributed by atoms with Crippen LogP contribution in [0.15, 0.2) is 6.33 Å². The van der Waals surface area contributed by atoms with E-state index in [4.69, 9.17) is 5.73 Å². The number of hydrogen-bond acceptors (Lipinski definition) is 7. The van der Waals surface area contributed by atoms with Gasteiger partial charge in [0.25, 0.3) is 0 Å². The summed E-state index contributed by atoms with van der Waals surface area (Å²) in [6.45, 7) is 1.95. The lowest BCUT2D eigenvalue weighted by Gasteiger charge is -2.16. The smallest absolute Gasteiger partial charge is 0.352 e. The lowest BCUT2D eigenvalue weighted by molar-refractivity contribution is -0.383. The quantitative estimate of drug-likeness (QED) is 0.605. The zero-order valence-electron chi connectivity index (χ0n) is 10.5. The summed E-state index contributed by atoms with van der Waals surface area (Å²) in [6.07, 6.45) is 4.76. The highest BCUT2D eigenvalue weighted by Gasteiger charge is 2.35. The van der Waals surface area contributed by atoms with Crippen molar-refractivity contribution < 1.29 is 4.92 Å². The number of anilines is 2. The van der Waals surface area contributed by atoms with Gasteiger partial charge < -0.3 is 11.1 Å². The van der Waals surface area contributed by atoms with Crippen LogP contribution < -0.4 is 11.1 Å². The van der Waals surface area contributed by atoms with Crippen molar-refractivity contribution in [3.63, 3.8) is 0 Å². The third-order valence-electron chi connectivity index (χ3n) is 3.66. The number of likely N-dealkylation sites (tertiary alicyclic amines) is 1. The van der Waals surface area contributed by atoms with Crippen LogP contribution in [0.5, 0.6) is 0 Å². The summed E-state index contributed by atoms with van der Waals surface area (Å²) in [4.78, 5) is 20.5. The van der Waals surface area contributed by atoms with Crippen LogP contribution in [0, 0.1) is 10.1 Å². The minimum Gasteiger partial charge on any atom is -0.378 e. The highest BCUT2D eigenvalue weighted by Crippen LogP contribution is 2.32. The predicted molar refractivity (Wildman–Crippen MR) is 69.7 cm³/mol. The van der Waals surface area contributed by atoms with Crippen molar-refractivity contribution in [2.45, 2.75) is 31.3 Å². The van der Waals surface area contributed by atoms with E-state index in [0.29, 0.717) is 0 Å². The Balaban J connectivity index is 1.73. The van der Waals surface area contributed by atoms with E-state index in [1.54, 1.807) is 0 Å². The first kappa shape index (κ1) is 12.1. The zero-order valence-corrected chi connectivity index (χ0v) is 10.5. The van der Waals surface area contributed by atoms with Crippen molar-refractivity contribution in [3.8, 4) is 0 Å². The highest BCUT2D eigenvalue weighted by molar-refractivity contribution is 5.67. The third-order valence-corrected chi connectivity index (χ3v) is 3.66. The normalized spacial score (nSPS) is 23.5. The molecule has 1 saturated heterocycles. The molecule has 102 valence electrons. The molecule has 0 aromatic carbocycles. The standard InChI is InChI=1S/C11H16N6O2/c12-10-9(17(18)19)11(14-6-13-10)15-7-3-4-16(5-7)8-1-2-8/h6-8H,1-5H2,(H3,12,13,14,15). The Kier molecular flexibility index (Phi) is 2.94.